The molecule has 0 saturated heterocycles. The fourth-order valence-electron chi connectivity index (χ4n) is 1.11. The van der Waals surface area contributed by atoms with Crippen LogP contribution in [-0.2, 0) is 4.74 Å². The Morgan fingerprint density at radius 3 is 2.33 bits per heavy atom. The molecular formula is C11H23NO3. The van der Waals surface area contributed by atoms with E-state index in [-0.39, 0.29) is 18.6 Å². The standard InChI is InChI=1S/C11H23NO3/c1-6-8(2)9(7-13)12-10(14)15-11(3,4)5/h8-9,13H,6-7H2,1-5H3,(H,12,14). The summed E-state index contributed by atoms with van der Waals surface area (Å²) >= 11 is 0. The lowest BCUT2D eigenvalue weighted by molar-refractivity contribution is 0.0457. The van der Waals surface area contributed by atoms with Gasteiger partial charge in [0, 0.05) is 0 Å². The van der Waals surface area contributed by atoms with Crippen molar-refractivity contribution in [2.24, 2.45) is 5.92 Å². The Bertz CT molecular complexity index is 198. The highest BCUT2D eigenvalue weighted by atomic mass is 16.6. The number of ether oxygens (including phenoxy) is 1. The van der Waals surface area contributed by atoms with E-state index in [2.05, 4.69) is 5.32 Å². The molecule has 0 fully saturated rings. The van der Waals surface area contributed by atoms with Crippen LogP contribution in [0, 0.1) is 5.92 Å². The molecular weight excluding hydrogens is 194 g/mol. The molecule has 90 valence electrons. The van der Waals surface area contributed by atoms with Crippen molar-refractivity contribution < 1.29 is 14.6 Å². The molecule has 0 radical (unpaired) electrons. The van der Waals surface area contributed by atoms with Crippen LogP contribution in [0.1, 0.15) is 41.0 Å². The van der Waals surface area contributed by atoms with Gasteiger partial charge < -0.3 is 15.2 Å². The van der Waals surface area contributed by atoms with Gasteiger partial charge in [0.15, 0.2) is 0 Å². The summed E-state index contributed by atoms with van der Waals surface area (Å²) in [5.41, 5.74) is -0.500. The normalized spacial score (nSPS) is 15.6. The van der Waals surface area contributed by atoms with Crippen LogP contribution < -0.4 is 5.32 Å². The highest BCUT2D eigenvalue weighted by molar-refractivity contribution is 5.68. The predicted molar refractivity (Wildman–Crippen MR) is 59.7 cm³/mol. The molecule has 0 heterocycles. The molecule has 4 heteroatoms. The number of hydrogen-bond donors (Lipinski definition) is 2. The zero-order valence-corrected chi connectivity index (χ0v) is 10.3. The van der Waals surface area contributed by atoms with Crippen LogP contribution in [0.15, 0.2) is 0 Å². The summed E-state index contributed by atoms with van der Waals surface area (Å²) in [6.07, 6.45) is 0.433. The highest BCUT2D eigenvalue weighted by Gasteiger charge is 2.21. The smallest absolute Gasteiger partial charge is 0.407 e. The van der Waals surface area contributed by atoms with Gasteiger partial charge in [-0.3, -0.25) is 0 Å². The Morgan fingerprint density at radius 2 is 2.00 bits per heavy atom. The number of amides is 1. The Labute approximate surface area is 92.0 Å². The first-order chi connectivity index (χ1) is 6.80. The van der Waals surface area contributed by atoms with Gasteiger partial charge in [-0.15, -0.1) is 0 Å². The van der Waals surface area contributed by atoms with E-state index in [0.29, 0.717) is 0 Å². The molecule has 0 bridgehead atoms. The molecule has 0 aromatic carbocycles. The summed E-state index contributed by atoms with van der Waals surface area (Å²) < 4.78 is 5.10. The van der Waals surface area contributed by atoms with Gasteiger partial charge in [-0.05, 0) is 26.7 Å². The van der Waals surface area contributed by atoms with Crippen molar-refractivity contribution in [1.29, 1.82) is 0 Å². The average molecular weight is 217 g/mol. The van der Waals surface area contributed by atoms with Crippen LogP contribution in [0.4, 0.5) is 4.79 Å². The summed E-state index contributed by atoms with van der Waals surface area (Å²) in [6.45, 7) is 9.37. The SMILES string of the molecule is CCC(C)C(CO)NC(=O)OC(C)(C)C. The van der Waals surface area contributed by atoms with Crippen molar-refractivity contribution in [2.45, 2.75) is 52.7 Å². The van der Waals surface area contributed by atoms with Crippen molar-refractivity contribution in [2.75, 3.05) is 6.61 Å². The third-order valence-electron chi connectivity index (χ3n) is 2.23. The zero-order valence-electron chi connectivity index (χ0n) is 10.3. The van der Waals surface area contributed by atoms with Crippen molar-refractivity contribution in [3.63, 3.8) is 0 Å². The molecule has 2 unspecified atom stereocenters. The van der Waals surface area contributed by atoms with Gasteiger partial charge in [-0.25, -0.2) is 4.79 Å². The summed E-state index contributed by atoms with van der Waals surface area (Å²) in [6, 6.07) is -0.232. The van der Waals surface area contributed by atoms with Crippen LogP contribution in [-0.4, -0.2) is 29.4 Å². The van der Waals surface area contributed by atoms with Crippen LogP contribution >= 0.6 is 0 Å². The van der Waals surface area contributed by atoms with E-state index in [1.165, 1.54) is 0 Å². The summed E-state index contributed by atoms with van der Waals surface area (Å²) in [7, 11) is 0. The summed E-state index contributed by atoms with van der Waals surface area (Å²) in [5.74, 6) is 0.238. The summed E-state index contributed by atoms with van der Waals surface area (Å²) in [4.78, 5) is 11.4. The Balaban J connectivity index is 4.13. The largest absolute Gasteiger partial charge is 0.444 e. The van der Waals surface area contributed by atoms with Gasteiger partial charge in [0.2, 0.25) is 0 Å². The maximum absolute atomic E-state index is 11.4. The van der Waals surface area contributed by atoms with Gasteiger partial charge in [-0.1, -0.05) is 20.3 Å². The van der Waals surface area contributed by atoms with E-state index >= 15 is 0 Å². The Hall–Kier alpha value is -0.770. The number of carbonyl (C=O) groups excluding carboxylic acids is 1. The molecule has 2 N–H and O–H groups in total. The van der Waals surface area contributed by atoms with Crippen LogP contribution in [0.25, 0.3) is 0 Å². The number of alkyl carbamates (subject to hydrolysis) is 1. The zero-order chi connectivity index (χ0) is 12.1. The quantitative estimate of drug-likeness (QED) is 0.756. The van der Waals surface area contributed by atoms with Gasteiger partial charge in [0.25, 0.3) is 0 Å². The number of carbonyl (C=O) groups is 1. The van der Waals surface area contributed by atoms with E-state index in [1.54, 1.807) is 0 Å². The second kappa shape index (κ2) is 5.95. The average Bonchev–Trinajstić information content (AvgIpc) is 2.10. The first kappa shape index (κ1) is 14.2. The maximum atomic E-state index is 11.4. The third-order valence-corrected chi connectivity index (χ3v) is 2.23. The lowest BCUT2D eigenvalue weighted by Gasteiger charge is -2.25. The molecule has 0 aliphatic carbocycles. The number of hydrogen-bond acceptors (Lipinski definition) is 3. The molecule has 0 aromatic rings. The van der Waals surface area contributed by atoms with Crippen LogP contribution in [0.3, 0.4) is 0 Å². The summed E-state index contributed by atoms with van der Waals surface area (Å²) in [5, 5.41) is 11.8. The minimum Gasteiger partial charge on any atom is -0.444 e. The minimum absolute atomic E-state index is 0.0613. The second-order valence-electron chi connectivity index (χ2n) is 4.82. The second-order valence-corrected chi connectivity index (χ2v) is 4.82. The maximum Gasteiger partial charge on any atom is 0.407 e. The molecule has 0 aromatic heterocycles. The molecule has 1 amide bonds. The van der Waals surface area contributed by atoms with E-state index in [4.69, 9.17) is 9.84 Å². The Morgan fingerprint density at radius 1 is 1.47 bits per heavy atom. The Kier molecular flexibility index (Phi) is 5.65. The highest BCUT2D eigenvalue weighted by Crippen LogP contribution is 2.10. The molecule has 0 rings (SSSR count). The number of aliphatic hydroxyl groups excluding tert-OH is 1. The van der Waals surface area contributed by atoms with Crippen molar-refractivity contribution in [3.8, 4) is 0 Å². The molecule has 0 saturated carbocycles. The monoisotopic (exact) mass is 217 g/mol. The molecule has 0 spiro atoms. The van der Waals surface area contributed by atoms with Crippen molar-refractivity contribution in [3.05, 3.63) is 0 Å². The van der Waals surface area contributed by atoms with E-state index in [9.17, 15) is 4.79 Å². The topological polar surface area (TPSA) is 58.6 Å². The van der Waals surface area contributed by atoms with Gasteiger partial charge in [0.1, 0.15) is 5.60 Å². The molecule has 0 aliphatic heterocycles. The van der Waals surface area contributed by atoms with Crippen LogP contribution in [0.2, 0.25) is 0 Å². The van der Waals surface area contributed by atoms with Gasteiger partial charge in [0.05, 0.1) is 12.6 Å². The van der Waals surface area contributed by atoms with Gasteiger partial charge in [-0.2, -0.15) is 0 Å². The fourth-order valence-corrected chi connectivity index (χ4v) is 1.11. The first-order valence-electron chi connectivity index (χ1n) is 5.40. The molecule has 2 atom stereocenters. The van der Waals surface area contributed by atoms with Crippen LogP contribution in [0.5, 0.6) is 0 Å². The first-order valence-corrected chi connectivity index (χ1v) is 5.40. The molecule has 0 aliphatic rings. The van der Waals surface area contributed by atoms with E-state index in [0.717, 1.165) is 6.42 Å². The number of rotatable bonds is 4. The van der Waals surface area contributed by atoms with E-state index in [1.807, 2.05) is 34.6 Å². The molecule has 15 heavy (non-hydrogen) atoms. The molecule has 4 nitrogen and oxygen atoms in total. The fraction of sp³-hybridized carbons (Fsp3) is 0.909. The van der Waals surface area contributed by atoms with Crippen molar-refractivity contribution >= 4 is 6.09 Å². The number of aliphatic hydroxyl groups is 1. The minimum atomic E-state index is -0.500. The predicted octanol–water partition coefficient (Wildman–Crippen LogP) is 1.92. The lowest BCUT2D eigenvalue weighted by atomic mass is 10.0. The number of nitrogens with one attached hydrogen (secondary N) is 1. The third kappa shape index (κ3) is 6.33. The van der Waals surface area contributed by atoms with E-state index < -0.39 is 11.7 Å². The lowest BCUT2D eigenvalue weighted by Crippen LogP contribution is -2.44. The van der Waals surface area contributed by atoms with Gasteiger partial charge >= 0.3 is 6.09 Å². The van der Waals surface area contributed by atoms with Crippen molar-refractivity contribution in [1.82, 2.24) is 5.32 Å².